The van der Waals surface area contributed by atoms with Crippen molar-refractivity contribution in [2.75, 3.05) is 0 Å². The third-order valence-corrected chi connectivity index (χ3v) is 2.24. The van der Waals surface area contributed by atoms with Crippen LogP contribution in [0.2, 0.25) is 0 Å². The molecule has 1 heterocycles. The van der Waals surface area contributed by atoms with Crippen molar-refractivity contribution in [3.05, 3.63) is 34.6 Å². The molecule has 0 fully saturated rings. The van der Waals surface area contributed by atoms with Crippen molar-refractivity contribution in [3.8, 4) is 0 Å². The van der Waals surface area contributed by atoms with Crippen molar-refractivity contribution < 1.29 is 44.3 Å². The van der Waals surface area contributed by atoms with Crippen LogP contribution in [0.3, 0.4) is 0 Å². The van der Waals surface area contributed by atoms with Gasteiger partial charge in [-0.1, -0.05) is 11.6 Å². The summed E-state index contributed by atoms with van der Waals surface area (Å²) in [6.45, 7) is 0. The van der Waals surface area contributed by atoms with E-state index in [1.807, 2.05) is 0 Å². The summed E-state index contributed by atoms with van der Waals surface area (Å²) in [6, 6.07) is 2.93. The number of aliphatic hydroxyl groups excluding tert-OH is 1. The molecule has 0 aromatic carbocycles. The number of Topliss-reactive ketones (excluding diaryl/α,β-unsaturated/α-hetero) is 2. The Morgan fingerprint density at radius 1 is 1.27 bits per heavy atom. The molecule has 2 rings (SSSR count). The van der Waals surface area contributed by atoms with E-state index in [9.17, 15) is 14.7 Å². The number of rotatable bonds is 0. The fourth-order valence-electron chi connectivity index (χ4n) is 1.21. The SMILES string of the molecule is O=C1C(=O)c2cccnc2C(O)=C1Cl.[Na+]. The number of ketones is 2. The molecule has 0 spiro atoms. The number of hydrogen-bond donors (Lipinski definition) is 1. The van der Waals surface area contributed by atoms with E-state index in [0.717, 1.165) is 0 Å². The van der Waals surface area contributed by atoms with Gasteiger partial charge in [-0.05, 0) is 12.1 Å². The first-order chi connectivity index (χ1) is 6.63. The van der Waals surface area contributed by atoms with Crippen LogP contribution < -0.4 is 29.6 Å². The molecule has 1 aliphatic carbocycles. The molecule has 1 aromatic heterocycles. The fourth-order valence-corrected chi connectivity index (χ4v) is 1.39. The normalized spacial score (nSPS) is 14.7. The molecule has 0 aliphatic heterocycles. The summed E-state index contributed by atoms with van der Waals surface area (Å²) in [5, 5.41) is 8.96. The second-order valence-corrected chi connectivity index (χ2v) is 3.10. The Balaban J connectivity index is 0.00000112. The number of carbonyl (C=O) groups is 2. The van der Waals surface area contributed by atoms with Gasteiger partial charge in [-0.2, -0.15) is 0 Å². The van der Waals surface area contributed by atoms with Crippen LogP contribution in [-0.4, -0.2) is 21.7 Å². The van der Waals surface area contributed by atoms with Crippen LogP contribution >= 0.6 is 11.6 Å². The molecule has 15 heavy (non-hydrogen) atoms. The van der Waals surface area contributed by atoms with Gasteiger partial charge in [0.05, 0.1) is 5.56 Å². The zero-order chi connectivity index (χ0) is 10.3. The van der Waals surface area contributed by atoms with E-state index in [0.29, 0.717) is 0 Å². The number of hydrogen-bond acceptors (Lipinski definition) is 4. The minimum Gasteiger partial charge on any atom is -0.504 e. The molecule has 1 aromatic rings. The number of fused-ring (bicyclic) bond motifs is 1. The Labute approximate surface area is 112 Å². The second kappa shape index (κ2) is 4.45. The second-order valence-electron chi connectivity index (χ2n) is 2.72. The van der Waals surface area contributed by atoms with Gasteiger partial charge in [0, 0.05) is 6.20 Å². The average Bonchev–Trinajstić information content (AvgIpc) is 2.23. The van der Waals surface area contributed by atoms with Gasteiger partial charge in [0.2, 0.25) is 11.6 Å². The Bertz CT molecular complexity index is 484. The first-order valence-electron chi connectivity index (χ1n) is 3.76. The van der Waals surface area contributed by atoms with Gasteiger partial charge in [0.25, 0.3) is 0 Å². The smallest absolute Gasteiger partial charge is 0.504 e. The van der Waals surface area contributed by atoms with Crippen LogP contribution in [0.4, 0.5) is 0 Å². The van der Waals surface area contributed by atoms with E-state index in [1.54, 1.807) is 0 Å². The van der Waals surface area contributed by atoms with E-state index < -0.39 is 22.4 Å². The van der Waals surface area contributed by atoms with Gasteiger partial charge in [-0.25, -0.2) is 0 Å². The molecule has 0 bridgehead atoms. The molecule has 6 heteroatoms. The van der Waals surface area contributed by atoms with Crippen molar-refractivity contribution in [3.63, 3.8) is 0 Å². The largest absolute Gasteiger partial charge is 1.00 e. The number of aromatic nitrogens is 1. The fraction of sp³-hybridized carbons (Fsp3) is 0. The van der Waals surface area contributed by atoms with Crippen molar-refractivity contribution in [1.29, 1.82) is 0 Å². The zero-order valence-corrected chi connectivity index (χ0v) is 10.6. The molecule has 70 valence electrons. The first kappa shape index (κ1) is 12.4. The zero-order valence-electron chi connectivity index (χ0n) is 7.82. The number of aliphatic hydroxyl groups is 1. The first-order valence-corrected chi connectivity index (χ1v) is 4.14. The Hall–Kier alpha value is -0.680. The molecule has 0 atom stereocenters. The maximum absolute atomic E-state index is 11.4. The molecule has 0 saturated carbocycles. The number of allylic oxidation sites excluding steroid dienone is 1. The minimum atomic E-state index is -0.898. The van der Waals surface area contributed by atoms with Crippen molar-refractivity contribution in [2.45, 2.75) is 0 Å². The van der Waals surface area contributed by atoms with Gasteiger partial charge >= 0.3 is 29.6 Å². The predicted octanol–water partition coefficient (Wildman–Crippen LogP) is -1.68. The van der Waals surface area contributed by atoms with Gasteiger partial charge in [-0.3, -0.25) is 14.6 Å². The van der Waals surface area contributed by atoms with E-state index in [1.165, 1.54) is 18.3 Å². The Morgan fingerprint density at radius 2 is 1.93 bits per heavy atom. The van der Waals surface area contributed by atoms with Crippen LogP contribution in [0, 0.1) is 0 Å². The molecule has 0 radical (unpaired) electrons. The minimum absolute atomic E-state index is 0. The molecule has 0 unspecified atom stereocenters. The maximum atomic E-state index is 11.4. The number of pyridine rings is 1. The summed E-state index contributed by atoms with van der Waals surface area (Å²) in [7, 11) is 0. The van der Waals surface area contributed by atoms with Crippen LogP contribution in [0.25, 0.3) is 5.76 Å². The van der Waals surface area contributed by atoms with E-state index in [4.69, 9.17) is 11.6 Å². The van der Waals surface area contributed by atoms with E-state index in [2.05, 4.69) is 4.98 Å². The molecule has 1 aliphatic rings. The third-order valence-electron chi connectivity index (χ3n) is 1.89. The maximum Gasteiger partial charge on any atom is 1.00 e. The Kier molecular flexibility index (Phi) is 3.67. The summed E-state index contributed by atoms with van der Waals surface area (Å²) >= 11 is 5.46. The number of halogens is 1. The molecular weight excluding hydrogens is 229 g/mol. The van der Waals surface area contributed by atoms with Crippen LogP contribution in [-0.2, 0) is 4.79 Å². The van der Waals surface area contributed by atoms with Crippen molar-refractivity contribution in [2.24, 2.45) is 0 Å². The quantitative estimate of drug-likeness (QED) is 0.428. The van der Waals surface area contributed by atoms with Gasteiger partial charge in [0.15, 0.2) is 5.76 Å². The summed E-state index contributed by atoms with van der Waals surface area (Å²) in [6.07, 6.45) is 1.41. The third kappa shape index (κ3) is 1.86. The van der Waals surface area contributed by atoms with Crippen LogP contribution in [0.5, 0.6) is 0 Å². The van der Waals surface area contributed by atoms with Crippen molar-refractivity contribution in [1.82, 2.24) is 4.98 Å². The monoisotopic (exact) mass is 232 g/mol. The molecule has 0 amide bonds. The predicted molar refractivity (Wildman–Crippen MR) is 49.0 cm³/mol. The topological polar surface area (TPSA) is 67.3 Å². The van der Waals surface area contributed by atoms with Gasteiger partial charge < -0.3 is 5.11 Å². The number of carbonyl (C=O) groups excluding carboxylic acids is 2. The summed E-state index contributed by atoms with van der Waals surface area (Å²) in [5.74, 6) is -2.08. The summed E-state index contributed by atoms with van der Waals surface area (Å²) in [4.78, 5) is 26.3. The van der Waals surface area contributed by atoms with Crippen molar-refractivity contribution >= 4 is 28.9 Å². The van der Waals surface area contributed by atoms with Crippen LogP contribution in [0.1, 0.15) is 16.1 Å². The molecule has 1 N–H and O–H groups in total. The average molecular weight is 233 g/mol. The van der Waals surface area contributed by atoms with E-state index >= 15 is 0 Å². The number of nitrogens with zero attached hydrogens (tertiary/aromatic N) is 1. The molecule has 0 saturated heterocycles. The molecule has 4 nitrogen and oxygen atoms in total. The van der Waals surface area contributed by atoms with Gasteiger partial charge in [0.1, 0.15) is 10.7 Å². The molecular formula is C9H4ClNNaO3+. The summed E-state index contributed by atoms with van der Waals surface area (Å²) in [5.41, 5.74) is 0.140. The van der Waals surface area contributed by atoms with Gasteiger partial charge in [-0.15, -0.1) is 0 Å². The Morgan fingerprint density at radius 3 is 2.60 bits per heavy atom. The van der Waals surface area contributed by atoms with Crippen LogP contribution in [0.15, 0.2) is 23.4 Å². The van der Waals surface area contributed by atoms with E-state index in [-0.39, 0.29) is 40.8 Å². The standard InChI is InChI=1S/C9H4ClNO3.Na/c10-5-8(13)6-4(2-1-3-11-6)7(12)9(5)14;/h1-3,13H;/q;+1. The summed E-state index contributed by atoms with van der Waals surface area (Å²) < 4.78 is 0.